The molecule has 25 heavy (non-hydrogen) atoms. The second-order valence-electron chi connectivity index (χ2n) is 6.14. The Morgan fingerprint density at radius 1 is 1.40 bits per heavy atom. The molecule has 1 atom stereocenters. The minimum absolute atomic E-state index is 0.00547. The number of amides is 3. The summed E-state index contributed by atoms with van der Waals surface area (Å²) in [5.74, 6) is 0.131. The number of urea groups is 1. The lowest BCUT2D eigenvalue weighted by Gasteiger charge is -2.39. The second kappa shape index (κ2) is 7.71. The average Bonchev–Trinajstić information content (AvgIpc) is 2.80. The topological polar surface area (TPSA) is 85.8 Å². The molecule has 2 fully saturated rings. The highest BCUT2D eigenvalue weighted by Crippen LogP contribution is 2.31. The van der Waals surface area contributed by atoms with Crippen molar-refractivity contribution < 1.29 is 22.8 Å². The quantitative estimate of drug-likeness (QED) is 0.294. The molecule has 3 N–H and O–H groups in total. The third-order valence-corrected chi connectivity index (χ3v) is 5.28. The number of nitrogens with zero attached hydrogens (tertiary/aromatic N) is 2. The summed E-state index contributed by atoms with van der Waals surface area (Å²) in [5, 5.41) is 7.88. The minimum atomic E-state index is -4.23. The first kappa shape index (κ1) is 19.7. The highest BCUT2D eigenvalue weighted by molar-refractivity contribution is 8.00. The predicted octanol–water partition coefficient (Wildman–Crippen LogP) is 1.12. The van der Waals surface area contributed by atoms with E-state index in [9.17, 15) is 22.8 Å². The largest absolute Gasteiger partial charge is 0.441 e. The molecule has 0 aromatic heterocycles. The number of rotatable bonds is 4. The van der Waals surface area contributed by atoms with Crippen molar-refractivity contribution in [1.82, 2.24) is 20.9 Å². The molecule has 0 aliphatic carbocycles. The Balaban J connectivity index is 1.82. The fraction of sp³-hybridized carbons (Fsp3) is 0.786. The third kappa shape index (κ3) is 4.93. The van der Waals surface area contributed by atoms with Crippen LogP contribution in [-0.4, -0.2) is 66.3 Å². The molecule has 0 saturated carbocycles. The van der Waals surface area contributed by atoms with Crippen LogP contribution in [0.1, 0.15) is 19.8 Å². The van der Waals surface area contributed by atoms with Crippen molar-refractivity contribution in [3.05, 3.63) is 0 Å². The number of nitrogens with one attached hydrogen (secondary N) is 3. The van der Waals surface area contributed by atoms with Crippen LogP contribution in [0, 0.1) is 5.92 Å². The zero-order valence-corrected chi connectivity index (χ0v) is 14.9. The van der Waals surface area contributed by atoms with Crippen molar-refractivity contribution >= 4 is 29.7 Å². The van der Waals surface area contributed by atoms with Gasteiger partial charge in [0.25, 0.3) is 5.91 Å². The summed E-state index contributed by atoms with van der Waals surface area (Å²) in [4.78, 5) is 29.4. The minimum Gasteiger partial charge on any atom is -0.355 e. The van der Waals surface area contributed by atoms with E-state index in [1.807, 2.05) is 4.90 Å². The zero-order valence-electron chi connectivity index (χ0n) is 14.1. The number of halogens is 3. The molecule has 7 nitrogen and oxygen atoms in total. The Hall–Kier alpha value is -1.65. The average molecular weight is 381 g/mol. The second-order valence-corrected chi connectivity index (χ2v) is 7.30. The molecule has 2 heterocycles. The normalized spacial score (nSPS) is 25.8. The van der Waals surface area contributed by atoms with Crippen molar-refractivity contribution in [3.8, 4) is 0 Å². The van der Waals surface area contributed by atoms with Crippen LogP contribution in [0.5, 0.6) is 0 Å². The summed E-state index contributed by atoms with van der Waals surface area (Å²) in [6, 6.07) is -0.477. The first-order valence-electron chi connectivity index (χ1n) is 7.95. The number of guanidine groups is 1. The molecular formula is C14H22F3N5O2S. The van der Waals surface area contributed by atoms with Crippen LogP contribution >= 0.6 is 11.8 Å². The summed E-state index contributed by atoms with van der Waals surface area (Å²) >= 11 is -0.0709. The molecule has 11 heteroatoms. The summed E-state index contributed by atoms with van der Waals surface area (Å²) in [6.45, 7) is 3.09. The van der Waals surface area contributed by atoms with Gasteiger partial charge in [0.1, 0.15) is 5.54 Å². The lowest BCUT2D eigenvalue weighted by molar-refractivity contribution is -0.125. The zero-order chi connectivity index (χ0) is 18.7. The molecule has 0 radical (unpaired) electrons. The summed E-state index contributed by atoms with van der Waals surface area (Å²) in [6.07, 6.45) is 1.34. The molecule has 2 rings (SSSR count). The molecule has 3 amide bonds. The number of likely N-dealkylation sites (tertiary alicyclic amines) is 1. The van der Waals surface area contributed by atoms with Crippen LogP contribution in [-0.2, 0) is 4.79 Å². The molecule has 0 aromatic carbocycles. The van der Waals surface area contributed by atoms with E-state index in [0.29, 0.717) is 31.9 Å². The number of imide groups is 1. The van der Waals surface area contributed by atoms with Crippen molar-refractivity contribution in [2.75, 3.05) is 32.4 Å². The molecule has 2 saturated heterocycles. The van der Waals surface area contributed by atoms with E-state index >= 15 is 0 Å². The van der Waals surface area contributed by atoms with Crippen molar-refractivity contribution in [2.24, 2.45) is 10.9 Å². The van der Waals surface area contributed by atoms with Gasteiger partial charge in [0.05, 0.1) is 0 Å². The van der Waals surface area contributed by atoms with Crippen LogP contribution < -0.4 is 16.0 Å². The van der Waals surface area contributed by atoms with Crippen molar-refractivity contribution in [2.45, 2.75) is 30.8 Å². The number of thioether (sulfide) groups is 1. The number of carbonyl (C=O) groups is 2. The maximum absolute atomic E-state index is 12.1. The maximum Gasteiger partial charge on any atom is 0.441 e. The Kier molecular flexibility index (Phi) is 6.07. The lowest BCUT2D eigenvalue weighted by atomic mass is 9.79. The third-order valence-electron chi connectivity index (χ3n) is 4.55. The standard InChI is InChI=1S/C14H22F3N5O2S/c1-13(10(23)20-12(24)21-13)9-3-6-22(7-4-9)11(18-2)19-5-8-25-14(15,16)17/h9H,3-8H2,1-2H3,(H,18,19)(H2,20,21,23,24). The van der Waals surface area contributed by atoms with Gasteiger partial charge >= 0.3 is 11.5 Å². The van der Waals surface area contributed by atoms with E-state index in [-0.39, 0.29) is 35.9 Å². The fourth-order valence-corrected chi connectivity index (χ4v) is 3.61. The van der Waals surface area contributed by atoms with Crippen LogP contribution in [0.4, 0.5) is 18.0 Å². The first-order chi connectivity index (χ1) is 11.7. The van der Waals surface area contributed by atoms with Gasteiger partial charge in [-0.1, -0.05) is 0 Å². The molecule has 0 spiro atoms. The number of hydrogen-bond acceptors (Lipinski definition) is 4. The molecule has 0 bridgehead atoms. The van der Waals surface area contributed by atoms with Gasteiger partial charge in [0, 0.05) is 32.4 Å². The van der Waals surface area contributed by atoms with Crippen molar-refractivity contribution in [1.29, 1.82) is 0 Å². The Labute approximate surface area is 148 Å². The van der Waals surface area contributed by atoms with Gasteiger partial charge < -0.3 is 15.5 Å². The summed E-state index contributed by atoms with van der Waals surface area (Å²) in [5.41, 5.74) is -5.14. The van der Waals surface area contributed by atoms with E-state index in [0.717, 1.165) is 0 Å². The van der Waals surface area contributed by atoms with E-state index < -0.39 is 17.1 Å². The Morgan fingerprint density at radius 2 is 2.04 bits per heavy atom. The number of alkyl halides is 3. The van der Waals surface area contributed by atoms with Crippen LogP contribution in [0.3, 0.4) is 0 Å². The van der Waals surface area contributed by atoms with Gasteiger partial charge in [0.15, 0.2) is 5.96 Å². The highest BCUT2D eigenvalue weighted by atomic mass is 32.2. The van der Waals surface area contributed by atoms with Gasteiger partial charge in [0.2, 0.25) is 0 Å². The number of hydrogen-bond donors (Lipinski definition) is 3. The number of aliphatic imine (C=N–C) groups is 1. The molecule has 142 valence electrons. The van der Waals surface area contributed by atoms with Crippen molar-refractivity contribution in [3.63, 3.8) is 0 Å². The van der Waals surface area contributed by atoms with E-state index in [1.165, 1.54) is 0 Å². The SMILES string of the molecule is CN=C(NCCSC(F)(F)F)N1CCC(C2(C)NC(=O)NC2=O)CC1. The lowest BCUT2D eigenvalue weighted by Crippen LogP contribution is -2.55. The first-order valence-corrected chi connectivity index (χ1v) is 8.94. The van der Waals surface area contributed by atoms with Gasteiger partial charge in [-0.05, 0) is 37.4 Å². The van der Waals surface area contributed by atoms with Crippen LogP contribution in [0.2, 0.25) is 0 Å². The molecular weight excluding hydrogens is 359 g/mol. The number of piperidine rings is 1. The maximum atomic E-state index is 12.1. The Morgan fingerprint density at radius 3 is 2.52 bits per heavy atom. The monoisotopic (exact) mass is 381 g/mol. The van der Waals surface area contributed by atoms with Gasteiger partial charge in [-0.15, -0.1) is 0 Å². The molecule has 2 aliphatic heterocycles. The predicted molar refractivity (Wildman–Crippen MR) is 89.3 cm³/mol. The van der Waals surface area contributed by atoms with E-state index in [4.69, 9.17) is 0 Å². The summed E-state index contributed by atoms with van der Waals surface area (Å²) < 4.78 is 36.4. The molecule has 0 aromatic rings. The van der Waals surface area contributed by atoms with Crippen LogP contribution in [0.25, 0.3) is 0 Å². The smallest absolute Gasteiger partial charge is 0.355 e. The van der Waals surface area contributed by atoms with Crippen LogP contribution in [0.15, 0.2) is 4.99 Å². The molecule has 1 unspecified atom stereocenters. The van der Waals surface area contributed by atoms with E-state index in [2.05, 4.69) is 20.9 Å². The molecule has 2 aliphatic rings. The van der Waals surface area contributed by atoms with E-state index in [1.54, 1.807) is 14.0 Å². The fourth-order valence-electron chi connectivity index (χ4n) is 3.17. The summed E-state index contributed by atoms with van der Waals surface area (Å²) in [7, 11) is 1.58. The Bertz CT molecular complexity index is 549. The van der Waals surface area contributed by atoms with Gasteiger partial charge in [-0.2, -0.15) is 13.2 Å². The van der Waals surface area contributed by atoms with Gasteiger partial charge in [-0.25, -0.2) is 4.79 Å². The highest BCUT2D eigenvalue weighted by Gasteiger charge is 2.48. The van der Waals surface area contributed by atoms with Gasteiger partial charge in [-0.3, -0.25) is 15.1 Å². The number of carbonyl (C=O) groups excluding carboxylic acids is 2.